The van der Waals surface area contributed by atoms with Crippen molar-refractivity contribution in [1.29, 1.82) is 0 Å². The zero-order valence-electron chi connectivity index (χ0n) is 18.8. The average molecular weight is 466 g/mol. The first-order valence-corrected chi connectivity index (χ1v) is 9.24. The van der Waals surface area contributed by atoms with Gasteiger partial charge in [-0.15, -0.1) is 11.3 Å². The summed E-state index contributed by atoms with van der Waals surface area (Å²) in [6, 6.07) is 7.66. The molecular weight excluding hydrogens is 442 g/mol. The summed E-state index contributed by atoms with van der Waals surface area (Å²) in [7, 11) is 3.11. The SMILES string of the molecule is C=O.CCC(=O)c1csc(C(=O)c2cn(COC)c3ccccc23)n1.C[O-].C[O-].[Na+].[Na+]. The molecule has 0 radical (unpaired) electrons. The van der Waals surface area contributed by atoms with E-state index in [1.54, 1.807) is 25.6 Å². The molecule has 0 saturated carbocycles. The molecule has 8 nitrogen and oxygen atoms in total. The van der Waals surface area contributed by atoms with Gasteiger partial charge >= 0.3 is 59.1 Å². The van der Waals surface area contributed by atoms with Gasteiger partial charge in [0.1, 0.15) is 19.2 Å². The molecule has 0 aliphatic carbocycles. The van der Waals surface area contributed by atoms with E-state index in [4.69, 9.17) is 19.7 Å². The number of rotatable bonds is 6. The number of carbonyl (C=O) groups is 3. The van der Waals surface area contributed by atoms with Gasteiger partial charge in [-0.1, -0.05) is 25.1 Å². The van der Waals surface area contributed by atoms with E-state index >= 15 is 0 Å². The molecule has 0 aliphatic heterocycles. The number of hydrogen-bond acceptors (Lipinski definition) is 8. The molecule has 0 fully saturated rings. The molecule has 0 atom stereocenters. The van der Waals surface area contributed by atoms with Gasteiger partial charge in [0, 0.05) is 30.5 Å². The van der Waals surface area contributed by atoms with E-state index in [0.717, 1.165) is 25.1 Å². The second-order valence-corrected chi connectivity index (χ2v) is 5.95. The maximum absolute atomic E-state index is 12.8. The second-order valence-electron chi connectivity index (χ2n) is 5.09. The van der Waals surface area contributed by atoms with Crippen molar-refractivity contribution < 1.29 is 88.4 Å². The zero-order valence-corrected chi connectivity index (χ0v) is 23.7. The molecule has 3 aromatic rings. The summed E-state index contributed by atoms with van der Waals surface area (Å²) in [5.74, 6) is -0.224. The van der Waals surface area contributed by atoms with E-state index in [9.17, 15) is 9.59 Å². The standard InChI is InChI=1S/C17H16N2O3S.2CH3O.CH2O.2Na/c1-3-15(20)13-9-23-17(18-13)16(21)12-8-19(10-22-2)14-7-5-4-6-11(12)14;3*1-2;;/h4-9H,3,10H2,1-2H3;2*1H3;1H2;;/q;2*-1;;2*+1. The Kier molecular flexibility index (Phi) is 22.4. The van der Waals surface area contributed by atoms with Crippen molar-refractivity contribution in [1.82, 2.24) is 9.55 Å². The minimum absolute atomic E-state index is 0. The first-order valence-electron chi connectivity index (χ1n) is 8.36. The number of carbonyl (C=O) groups excluding carboxylic acids is 3. The third-order valence-electron chi connectivity index (χ3n) is 3.61. The molecule has 2 aromatic heterocycles. The predicted molar refractivity (Wildman–Crippen MR) is 108 cm³/mol. The van der Waals surface area contributed by atoms with E-state index in [1.165, 1.54) is 11.3 Å². The molecule has 0 aliphatic rings. The monoisotopic (exact) mass is 466 g/mol. The van der Waals surface area contributed by atoms with Gasteiger partial charge in [-0.2, -0.15) is 14.2 Å². The summed E-state index contributed by atoms with van der Waals surface area (Å²) in [6.45, 7) is 4.15. The number of methoxy groups -OCH3 is 1. The van der Waals surface area contributed by atoms with Gasteiger partial charge < -0.3 is 24.3 Å². The van der Waals surface area contributed by atoms with Crippen molar-refractivity contribution in [3.8, 4) is 0 Å². The molecule has 0 amide bonds. The van der Waals surface area contributed by atoms with Gasteiger partial charge in [-0.3, -0.25) is 9.59 Å². The molecule has 31 heavy (non-hydrogen) atoms. The maximum Gasteiger partial charge on any atom is 1.00 e. The number of hydrogen-bond donors (Lipinski definition) is 0. The topological polar surface area (TPSA) is 124 Å². The first-order chi connectivity index (χ1) is 14.2. The molecule has 0 bridgehead atoms. The molecular formula is C20H24N2Na2O6S. The van der Waals surface area contributed by atoms with Crippen molar-refractivity contribution in [2.45, 2.75) is 20.1 Å². The Hall–Kier alpha value is -0.720. The third kappa shape index (κ3) is 9.35. The smallest absolute Gasteiger partial charge is 0.857 e. The zero-order chi connectivity index (χ0) is 22.4. The number of para-hydroxylation sites is 1. The quantitative estimate of drug-likeness (QED) is 0.264. The van der Waals surface area contributed by atoms with Crippen LogP contribution >= 0.6 is 11.3 Å². The Bertz CT molecular complexity index is 914. The number of benzene rings is 1. The number of aromatic nitrogens is 2. The van der Waals surface area contributed by atoms with Crippen LogP contribution in [0.15, 0.2) is 35.8 Å². The predicted octanol–water partition coefficient (Wildman–Crippen LogP) is -4.70. The molecule has 1 aromatic carbocycles. The minimum atomic E-state index is -0.170. The fourth-order valence-electron chi connectivity index (χ4n) is 2.48. The van der Waals surface area contributed by atoms with E-state index in [0.29, 0.717) is 29.4 Å². The van der Waals surface area contributed by atoms with Gasteiger partial charge in [-0.05, 0) is 6.07 Å². The van der Waals surface area contributed by atoms with Crippen molar-refractivity contribution >= 4 is 40.6 Å². The minimum Gasteiger partial charge on any atom is -0.857 e. The van der Waals surface area contributed by atoms with Crippen LogP contribution < -0.4 is 69.3 Å². The molecule has 0 N–H and O–H groups in total. The summed E-state index contributed by atoms with van der Waals surface area (Å²) >= 11 is 1.21. The molecule has 0 unspecified atom stereocenters. The van der Waals surface area contributed by atoms with Gasteiger partial charge in [0.15, 0.2) is 10.8 Å². The molecule has 3 rings (SSSR count). The Labute approximate surface area is 230 Å². The molecule has 11 heteroatoms. The fourth-order valence-corrected chi connectivity index (χ4v) is 3.25. The van der Waals surface area contributed by atoms with E-state index in [2.05, 4.69) is 4.98 Å². The van der Waals surface area contributed by atoms with Gasteiger partial charge in [0.25, 0.3) is 0 Å². The van der Waals surface area contributed by atoms with Crippen molar-refractivity contribution in [3.63, 3.8) is 0 Å². The number of ketones is 2. The molecule has 158 valence electrons. The third-order valence-corrected chi connectivity index (χ3v) is 4.45. The van der Waals surface area contributed by atoms with Crippen molar-refractivity contribution in [2.75, 3.05) is 21.3 Å². The van der Waals surface area contributed by atoms with E-state index < -0.39 is 0 Å². The number of Topliss-reactive ketones (excluding diaryl/α,β-unsaturated/α-hetero) is 1. The summed E-state index contributed by atoms with van der Waals surface area (Å²) in [5, 5.41) is 19.3. The van der Waals surface area contributed by atoms with Gasteiger partial charge in [-0.25, -0.2) is 4.98 Å². The summed E-state index contributed by atoms with van der Waals surface area (Å²) < 4.78 is 7.06. The van der Waals surface area contributed by atoms with Crippen LogP contribution in [0, 0.1) is 0 Å². The summed E-state index contributed by atoms with van der Waals surface area (Å²) in [5.41, 5.74) is 1.86. The second kappa shape index (κ2) is 19.9. The van der Waals surface area contributed by atoms with E-state index in [-0.39, 0.29) is 70.7 Å². The van der Waals surface area contributed by atoms with Gasteiger partial charge in [0.05, 0.1) is 11.1 Å². The maximum atomic E-state index is 12.8. The normalized spacial score (nSPS) is 8.71. The summed E-state index contributed by atoms with van der Waals surface area (Å²) in [6.07, 6.45) is 2.16. The van der Waals surface area contributed by atoms with Crippen molar-refractivity contribution in [3.05, 3.63) is 52.1 Å². The molecule has 0 spiro atoms. The Morgan fingerprint density at radius 3 is 2.26 bits per heavy atom. The van der Waals surface area contributed by atoms with Crippen LogP contribution in [0.2, 0.25) is 0 Å². The Balaban J connectivity index is -0.000000904. The Morgan fingerprint density at radius 2 is 1.71 bits per heavy atom. The van der Waals surface area contributed by atoms with E-state index in [1.807, 2.05) is 35.6 Å². The van der Waals surface area contributed by atoms with Crippen molar-refractivity contribution in [2.24, 2.45) is 0 Å². The molecule has 2 heterocycles. The van der Waals surface area contributed by atoms with Crippen LogP contribution in [0.3, 0.4) is 0 Å². The Morgan fingerprint density at radius 1 is 1.13 bits per heavy atom. The van der Waals surface area contributed by atoms with Crippen LogP contribution in [0.1, 0.15) is 39.2 Å². The van der Waals surface area contributed by atoms with Crippen LogP contribution in [0.5, 0.6) is 0 Å². The van der Waals surface area contributed by atoms with Crippen LogP contribution in [0.4, 0.5) is 0 Å². The number of fused-ring (bicyclic) bond motifs is 1. The number of nitrogens with zero attached hydrogens (tertiary/aromatic N) is 2. The fraction of sp³-hybridized carbons (Fsp3) is 0.300. The van der Waals surface area contributed by atoms with Crippen LogP contribution in [0.25, 0.3) is 10.9 Å². The number of ether oxygens (including phenoxy) is 1. The average Bonchev–Trinajstić information content (AvgIpc) is 3.43. The van der Waals surface area contributed by atoms with Crippen LogP contribution in [-0.2, 0) is 16.3 Å². The van der Waals surface area contributed by atoms with Crippen LogP contribution in [-0.4, -0.2) is 49.2 Å². The summed E-state index contributed by atoms with van der Waals surface area (Å²) in [4.78, 5) is 36.7. The first kappa shape index (κ1) is 34.9. The number of thiazole rings is 1. The van der Waals surface area contributed by atoms with Gasteiger partial charge in [0.2, 0.25) is 5.78 Å². The largest absolute Gasteiger partial charge is 1.00 e. The molecule has 0 saturated heterocycles.